The van der Waals surface area contributed by atoms with Crippen molar-refractivity contribution in [1.82, 2.24) is 0 Å². The Morgan fingerprint density at radius 2 is 1.78 bits per heavy atom. The molecule has 236 valence electrons. The van der Waals surface area contributed by atoms with Crippen LogP contribution in [-0.2, 0) is 33.2 Å². The molecule has 41 heavy (non-hydrogen) atoms. The van der Waals surface area contributed by atoms with E-state index in [2.05, 4.69) is 48.6 Å². The lowest BCUT2D eigenvalue weighted by Gasteiger charge is -2.30. The van der Waals surface area contributed by atoms with Crippen LogP contribution in [0.1, 0.15) is 110 Å². The van der Waals surface area contributed by atoms with E-state index >= 15 is 0 Å². The SMILES string of the molecule is CCCC[C@H](C)C[C@@H](C=C[C@@H]1[C@H]2CC(C(I)CCCC(=O)OC)O[C@@H]2C[C@H]1OC1CCCCO1)OC1CCCCO1. The fourth-order valence-corrected chi connectivity index (χ4v) is 7.90. The van der Waals surface area contributed by atoms with Gasteiger partial charge in [0.15, 0.2) is 12.6 Å². The summed E-state index contributed by atoms with van der Waals surface area (Å²) >= 11 is 2.53. The monoisotopic (exact) mass is 690 g/mol. The molecule has 10 atom stereocenters. The Morgan fingerprint density at radius 1 is 1.02 bits per heavy atom. The molecule has 8 heteroatoms. The summed E-state index contributed by atoms with van der Waals surface area (Å²) in [4.78, 5) is 11.6. The quantitative estimate of drug-likeness (QED) is 0.0718. The Balaban J connectivity index is 1.43. The lowest BCUT2D eigenvalue weighted by molar-refractivity contribution is -0.194. The predicted molar refractivity (Wildman–Crippen MR) is 168 cm³/mol. The van der Waals surface area contributed by atoms with Crippen LogP contribution < -0.4 is 0 Å². The van der Waals surface area contributed by atoms with Crippen LogP contribution in [-0.4, -0.2) is 67.2 Å². The van der Waals surface area contributed by atoms with Crippen molar-refractivity contribution < 1.29 is 33.2 Å². The molecule has 1 saturated carbocycles. The van der Waals surface area contributed by atoms with Crippen molar-refractivity contribution in [2.45, 2.75) is 151 Å². The second-order valence-corrected chi connectivity index (χ2v) is 14.3. The number of hydrogen-bond acceptors (Lipinski definition) is 7. The number of carbonyl (C=O) groups excluding carboxylic acids is 1. The number of rotatable bonds is 16. The molecule has 3 saturated heterocycles. The maximum Gasteiger partial charge on any atom is 0.305 e. The topological polar surface area (TPSA) is 72.5 Å². The molecule has 3 heterocycles. The van der Waals surface area contributed by atoms with Crippen molar-refractivity contribution >= 4 is 28.6 Å². The third-order valence-electron chi connectivity index (χ3n) is 9.37. The first kappa shape index (κ1) is 33.6. The van der Waals surface area contributed by atoms with Gasteiger partial charge in [0.25, 0.3) is 0 Å². The van der Waals surface area contributed by atoms with E-state index in [0.717, 1.165) is 71.0 Å². The lowest BCUT2D eigenvalue weighted by Crippen LogP contribution is -2.32. The molecule has 0 bridgehead atoms. The van der Waals surface area contributed by atoms with E-state index in [1.54, 1.807) is 0 Å². The summed E-state index contributed by atoms with van der Waals surface area (Å²) in [7, 11) is 1.46. The molecule has 0 spiro atoms. The minimum absolute atomic E-state index is 0.0457. The summed E-state index contributed by atoms with van der Waals surface area (Å²) in [5, 5.41) is 0. The number of fused-ring (bicyclic) bond motifs is 1. The van der Waals surface area contributed by atoms with Gasteiger partial charge in [-0.15, -0.1) is 0 Å². The molecule has 1 aliphatic carbocycles. The zero-order valence-electron chi connectivity index (χ0n) is 25.7. The lowest BCUT2D eigenvalue weighted by atomic mass is 9.88. The average Bonchev–Trinajstić information content (AvgIpc) is 3.53. The van der Waals surface area contributed by atoms with Gasteiger partial charge in [0.2, 0.25) is 0 Å². The number of ether oxygens (including phenoxy) is 6. The van der Waals surface area contributed by atoms with Crippen molar-refractivity contribution in [3.05, 3.63) is 12.2 Å². The fraction of sp³-hybridized carbons (Fsp3) is 0.909. The number of methoxy groups -OCH3 is 1. The van der Waals surface area contributed by atoms with E-state index in [-0.39, 0.29) is 48.9 Å². The number of hydrogen-bond donors (Lipinski definition) is 0. The molecule has 4 unspecified atom stereocenters. The normalized spacial score (nSPS) is 34.4. The van der Waals surface area contributed by atoms with Crippen molar-refractivity contribution in [2.24, 2.45) is 17.8 Å². The second-order valence-electron chi connectivity index (χ2n) is 12.7. The van der Waals surface area contributed by atoms with Crippen molar-refractivity contribution in [3.63, 3.8) is 0 Å². The van der Waals surface area contributed by atoms with E-state index in [1.165, 1.54) is 39.2 Å². The highest BCUT2D eigenvalue weighted by atomic mass is 127. The molecule has 7 nitrogen and oxygen atoms in total. The Morgan fingerprint density at radius 3 is 2.46 bits per heavy atom. The molecule has 3 aliphatic heterocycles. The Kier molecular flexibility index (Phi) is 14.7. The molecule has 4 rings (SSSR count). The molecule has 4 fully saturated rings. The van der Waals surface area contributed by atoms with Gasteiger partial charge in [0, 0.05) is 35.9 Å². The predicted octanol–water partition coefficient (Wildman–Crippen LogP) is 7.52. The van der Waals surface area contributed by atoms with Gasteiger partial charge in [-0.3, -0.25) is 4.79 Å². The number of unbranched alkanes of at least 4 members (excludes halogenated alkanes) is 1. The molecule has 0 radical (unpaired) electrons. The zero-order chi connectivity index (χ0) is 29.0. The molecule has 4 aliphatic rings. The highest BCUT2D eigenvalue weighted by Crippen LogP contribution is 2.48. The summed E-state index contributed by atoms with van der Waals surface area (Å²) in [6.07, 6.45) is 20.6. The summed E-state index contributed by atoms with van der Waals surface area (Å²) in [5.41, 5.74) is 0. The van der Waals surface area contributed by atoms with Gasteiger partial charge in [-0.2, -0.15) is 0 Å². The second kappa shape index (κ2) is 17.9. The fourth-order valence-electron chi connectivity index (χ4n) is 7.00. The van der Waals surface area contributed by atoms with Gasteiger partial charge >= 0.3 is 5.97 Å². The van der Waals surface area contributed by atoms with E-state index in [9.17, 15) is 4.79 Å². The van der Waals surface area contributed by atoms with E-state index < -0.39 is 0 Å². The number of esters is 1. The summed E-state index contributed by atoms with van der Waals surface area (Å²) in [6.45, 7) is 6.21. The van der Waals surface area contributed by atoms with E-state index in [4.69, 9.17) is 28.4 Å². The van der Waals surface area contributed by atoms with Crippen LogP contribution >= 0.6 is 22.6 Å². The van der Waals surface area contributed by atoms with Crippen LogP contribution in [0.15, 0.2) is 12.2 Å². The van der Waals surface area contributed by atoms with Gasteiger partial charge < -0.3 is 28.4 Å². The first-order valence-electron chi connectivity index (χ1n) is 16.6. The third kappa shape index (κ3) is 10.7. The van der Waals surface area contributed by atoms with Crippen molar-refractivity contribution in [2.75, 3.05) is 20.3 Å². The van der Waals surface area contributed by atoms with E-state index in [0.29, 0.717) is 22.2 Å². The molecule has 0 aromatic rings. The number of carbonyl (C=O) groups is 1. The highest BCUT2D eigenvalue weighted by Gasteiger charge is 2.51. The number of halogens is 1. The van der Waals surface area contributed by atoms with Gasteiger partial charge in [-0.25, -0.2) is 0 Å². The van der Waals surface area contributed by atoms with Gasteiger partial charge in [-0.05, 0) is 76.0 Å². The van der Waals surface area contributed by atoms with Gasteiger partial charge in [0.05, 0.1) is 31.5 Å². The minimum atomic E-state index is -0.132. The molecule has 0 aromatic heterocycles. The first-order valence-corrected chi connectivity index (χ1v) is 17.8. The van der Waals surface area contributed by atoms with Crippen LogP contribution in [0.3, 0.4) is 0 Å². The summed E-state index contributed by atoms with van der Waals surface area (Å²) < 4.78 is 37.1. The highest BCUT2D eigenvalue weighted by molar-refractivity contribution is 14.1. The standard InChI is InChI=1S/C33H55IO7/c1-4-5-11-23(2)20-24(39-32-14-6-8-18-37-32)16-17-25-26-21-30(27(34)12-10-13-31(35)36-3)40-29(26)22-28(25)41-33-15-7-9-19-38-33/h16-17,23-30,32-33H,4-15,18-22H2,1-3H3/t23-,24+,25+,26+,27?,28+,29+,30?,32?,33?/m0/s1. The third-order valence-corrected chi connectivity index (χ3v) is 10.8. The minimum Gasteiger partial charge on any atom is -0.469 e. The molecular weight excluding hydrogens is 635 g/mol. The van der Waals surface area contributed by atoms with Crippen LogP contribution in [0, 0.1) is 17.8 Å². The smallest absolute Gasteiger partial charge is 0.305 e. The van der Waals surface area contributed by atoms with Crippen LogP contribution in [0.4, 0.5) is 0 Å². The maximum absolute atomic E-state index is 11.6. The Labute approximate surface area is 262 Å². The summed E-state index contributed by atoms with van der Waals surface area (Å²) in [6, 6.07) is 0. The van der Waals surface area contributed by atoms with Crippen molar-refractivity contribution in [1.29, 1.82) is 0 Å². The van der Waals surface area contributed by atoms with E-state index in [1.807, 2.05) is 0 Å². The molecule has 0 amide bonds. The van der Waals surface area contributed by atoms with Crippen LogP contribution in [0.5, 0.6) is 0 Å². The van der Waals surface area contributed by atoms with Crippen LogP contribution in [0.25, 0.3) is 0 Å². The average molecular weight is 691 g/mol. The van der Waals surface area contributed by atoms with Gasteiger partial charge in [-0.1, -0.05) is 67.9 Å². The molecule has 0 aromatic carbocycles. The van der Waals surface area contributed by atoms with Crippen molar-refractivity contribution in [3.8, 4) is 0 Å². The largest absolute Gasteiger partial charge is 0.469 e. The molecule has 0 N–H and O–H groups in total. The van der Waals surface area contributed by atoms with Crippen LogP contribution in [0.2, 0.25) is 0 Å². The number of alkyl halides is 1. The first-order chi connectivity index (χ1) is 20.0. The zero-order valence-corrected chi connectivity index (χ0v) is 27.8. The Bertz CT molecular complexity index is 782. The Hall–Kier alpha value is -0.260. The maximum atomic E-state index is 11.6. The molecular formula is C33H55IO7. The van der Waals surface area contributed by atoms with Gasteiger partial charge in [0.1, 0.15) is 0 Å². The summed E-state index contributed by atoms with van der Waals surface area (Å²) in [5.74, 6) is 1.17.